The molecular weight excluding hydrogens is 748 g/mol. The number of hydrogen-bond acceptors (Lipinski definition) is 12. The summed E-state index contributed by atoms with van der Waals surface area (Å²) < 4.78 is 0. The third-order valence-corrected chi connectivity index (χ3v) is 7.98. The molecular formula is C33H58N16O8. The summed E-state index contributed by atoms with van der Waals surface area (Å²) in [6.45, 7) is 2.56. The Morgan fingerprint density at radius 1 is 0.737 bits per heavy atom. The van der Waals surface area contributed by atoms with Crippen LogP contribution in [0.4, 0.5) is 0 Å². The highest BCUT2D eigenvalue weighted by atomic mass is 16.2. The molecule has 0 spiro atoms. The van der Waals surface area contributed by atoms with E-state index in [0.717, 1.165) is 0 Å². The number of aromatic amines is 1. The van der Waals surface area contributed by atoms with Crippen LogP contribution in [-0.2, 0) is 44.8 Å². The predicted octanol–water partition coefficient (Wildman–Crippen LogP) is -5.92. The number of nitrogens with one attached hydrogen (secondary N) is 8. The standard InChI is InChI=1S/C33H58N16O8/c1-19(45-27(53)16-43-26(52)14-34)28(54)47-23(8-3-4-10-40-20(2)51)29(55)48-24(9-6-12-42-33(37)38)30(56)49-25(13-22-15-39-18-44-22)31(57)46-21(17-50)7-5-11-41-32(35)36/h15,17-19,21,23-25H,3-14,16,34H2,1-2H3,(H,39,44)(H,40,51)(H,43,52)(H,45,53)(H,46,57)(H,47,54)(H,48,55)(H,49,56)(H4,35,36,41)(H4,37,38,42)/t19-,21-,23-,24-,25-/m0/s1. The van der Waals surface area contributed by atoms with Crippen molar-refractivity contribution < 1.29 is 38.4 Å². The molecule has 0 aliphatic heterocycles. The molecule has 0 fully saturated rings. The summed E-state index contributed by atoms with van der Waals surface area (Å²) in [6.07, 6.45) is 4.92. The van der Waals surface area contributed by atoms with Crippen LogP contribution in [0.15, 0.2) is 22.5 Å². The fourth-order valence-corrected chi connectivity index (χ4v) is 5.03. The molecule has 1 aromatic heterocycles. The number of nitrogens with two attached hydrogens (primary N) is 5. The lowest BCUT2D eigenvalue weighted by Crippen LogP contribution is -2.59. The lowest BCUT2D eigenvalue weighted by molar-refractivity contribution is -0.135. The molecule has 18 N–H and O–H groups in total. The first-order valence-electron chi connectivity index (χ1n) is 18.3. The Balaban J connectivity index is 3.28. The van der Waals surface area contributed by atoms with E-state index >= 15 is 0 Å². The van der Waals surface area contributed by atoms with Gasteiger partial charge in [-0.2, -0.15) is 0 Å². The van der Waals surface area contributed by atoms with Crippen LogP contribution >= 0.6 is 0 Å². The number of nitrogens with zero attached hydrogens (tertiary/aromatic N) is 3. The lowest BCUT2D eigenvalue weighted by Gasteiger charge is -2.26. The number of carbonyl (C=O) groups is 8. The molecule has 1 rings (SSSR count). The van der Waals surface area contributed by atoms with E-state index in [1.165, 1.54) is 26.4 Å². The first-order chi connectivity index (χ1) is 27.1. The monoisotopic (exact) mass is 806 g/mol. The number of rotatable bonds is 28. The van der Waals surface area contributed by atoms with Crippen LogP contribution in [0.3, 0.4) is 0 Å². The normalized spacial score (nSPS) is 13.2. The molecule has 24 nitrogen and oxygen atoms in total. The summed E-state index contributed by atoms with van der Waals surface area (Å²) in [6, 6.07) is -5.85. The van der Waals surface area contributed by atoms with Crippen LogP contribution < -0.4 is 65.9 Å². The Labute approximate surface area is 329 Å². The zero-order valence-corrected chi connectivity index (χ0v) is 32.3. The minimum Gasteiger partial charge on any atom is -0.370 e. The minimum absolute atomic E-state index is 0.0152. The van der Waals surface area contributed by atoms with Gasteiger partial charge >= 0.3 is 0 Å². The van der Waals surface area contributed by atoms with E-state index in [2.05, 4.69) is 57.2 Å². The molecule has 57 heavy (non-hydrogen) atoms. The third-order valence-electron chi connectivity index (χ3n) is 7.98. The maximum absolute atomic E-state index is 13.9. The number of aliphatic imine (C=N–C) groups is 2. The predicted molar refractivity (Wildman–Crippen MR) is 208 cm³/mol. The Bertz CT molecular complexity index is 1530. The van der Waals surface area contributed by atoms with Crippen LogP contribution in [0.5, 0.6) is 0 Å². The number of aldehydes is 1. The summed E-state index contributed by atoms with van der Waals surface area (Å²) in [5.74, 6) is -4.82. The van der Waals surface area contributed by atoms with Gasteiger partial charge in [0.2, 0.25) is 41.4 Å². The van der Waals surface area contributed by atoms with E-state index in [0.29, 0.717) is 37.8 Å². The third kappa shape index (κ3) is 22.0. The number of carbonyl (C=O) groups excluding carboxylic acids is 8. The summed E-state index contributed by atoms with van der Waals surface area (Å²) in [5, 5.41) is 17.8. The first kappa shape index (κ1) is 48.7. The van der Waals surface area contributed by atoms with Gasteiger partial charge in [-0.25, -0.2) is 4.98 Å². The number of aromatic nitrogens is 2. The Hall–Kier alpha value is -6.33. The summed E-state index contributed by atoms with van der Waals surface area (Å²) in [7, 11) is 0. The fraction of sp³-hybridized carbons (Fsp3) is 0.606. The van der Waals surface area contributed by atoms with Crippen molar-refractivity contribution >= 4 is 59.6 Å². The van der Waals surface area contributed by atoms with E-state index in [1.54, 1.807) is 0 Å². The Morgan fingerprint density at radius 2 is 1.30 bits per heavy atom. The van der Waals surface area contributed by atoms with Gasteiger partial charge in [0, 0.05) is 44.9 Å². The molecule has 24 heteroatoms. The van der Waals surface area contributed by atoms with Gasteiger partial charge in [-0.05, 0) is 51.9 Å². The highest BCUT2D eigenvalue weighted by Crippen LogP contribution is 2.08. The first-order valence-corrected chi connectivity index (χ1v) is 18.3. The van der Waals surface area contributed by atoms with Gasteiger partial charge in [0.25, 0.3) is 0 Å². The van der Waals surface area contributed by atoms with Crippen molar-refractivity contribution in [1.82, 2.24) is 47.2 Å². The van der Waals surface area contributed by atoms with Crippen LogP contribution in [-0.4, -0.2) is 132 Å². The second kappa shape index (κ2) is 27.3. The molecule has 5 atom stereocenters. The van der Waals surface area contributed by atoms with Gasteiger partial charge in [0.15, 0.2) is 11.9 Å². The van der Waals surface area contributed by atoms with Crippen molar-refractivity contribution in [2.45, 2.75) is 95.4 Å². The topological polar surface area (TPSA) is 404 Å². The highest BCUT2D eigenvalue weighted by molar-refractivity contribution is 5.96. The van der Waals surface area contributed by atoms with Crippen molar-refractivity contribution in [3.63, 3.8) is 0 Å². The second-order valence-corrected chi connectivity index (χ2v) is 12.9. The largest absolute Gasteiger partial charge is 0.370 e. The van der Waals surface area contributed by atoms with Gasteiger partial charge in [0.1, 0.15) is 30.5 Å². The highest BCUT2D eigenvalue weighted by Gasteiger charge is 2.31. The molecule has 0 aliphatic carbocycles. The van der Waals surface area contributed by atoms with Crippen molar-refractivity contribution in [2.24, 2.45) is 38.7 Å². The number of amides is 7. The van der Waals surface area contributed by atoms with Crippen molar-refractivity contribution in [1.29, 1.82) is 0 Å². The zero-order valence-electron chi connectivity index (χ0n) is 32.3. The van der Waals surface area contributed by atoms with Crippen molar-refractivity contribution in [2.75, 3.05) is 32.7 Å². The molecule has 1 aromatic rings. The number of guanidine groups is 2. The number of imidazole rings is 1. The van der Waals surface area contributed by atoms with Gasteiger partial charge in [-0.15, -0.1) is 0 Å². The maximum atomic E-state index is 13.9. The molecule has 0 bridgehead atoms. The van der Waals surface area contributed by atoms with Crippen LogP contribution in [0.2, 0.25) is 0 Å². The molecule has 0 saturated heterocycles. The van der Waals surface area contributed by atoms with Crippen molar-refractivity contribution in [3.8, 4) is 0 Å². The summed E-state index contributed by atoms with van der Waals surface area (Å²) in [5.41, 5.74) is 27.3. The summed E-state index contributed by atoms with van der Waals surface area (Å²) >= 11 is 0. The van der Waals surface area contributed by atoms with E-state index in [4.69, 9.17) is 28.7 Å². The van der Waals surface area contributed by atoms with E-state index < -0.39 is 72.2 Å². The van der Waals surface area contributed by atoms with Crippen LogP contribution in [0.1, 0.15) is 64.5 Å². The number of unbranched alkanes of at least 4 members (excludes halogenated alkanes) is 1. The molecule has 0 saturated carbocycles. The average molecular weight is 807 g/mol. The lowest BCUT2D eigenvalue weighted by atomic mass is 10.0. The maximum Gasteiger partial charge on any atom is 0.243 e. The molecule has 0 unspecified atom stereocenters. The number of H-pyrrole nitrogens is 1. The number of hydrogen-bond donors (Lipinski definition) is 13. The molecule has 318 valence electrons. The zero-order chi connectivity index (χ0) is 42.8. The van der Waals surface area contributed by atoms with Crippen molar-refractivity contribution in [3.05, 3.63) is 18.2 Å². The summed E-state index contributed by atoms with van der Waals surface area (Å²) in [4.78, 5) is 116. The molecule has 0 radical (unpaired) electrons. The van der Waals surface area contributed by atoms with Crippen LogP contribution in [0.25, 0.3) is 0 Å². The molecule has 1 heterocycles. The molecule has 0 aromatic carbocycles. The quantitative estimate of drug-likeness (QED) is 0.0162. The SMILES string of the molecule is CC(=O)NCCCC[C@H](NC(=O)[C@H](C)NC(=O)CNC(=O)CN)C(=O)N[C@@H](CCCN=C(N)N)C(=O)N[C@@H](Cc1cnc[nH]1)C(=O)N[C@H](C=O)CCCN=C(N)N. The van der Waals surface area contributed by atoms with Crippen LogP contribution in [0, 0.1) is 0 Å². The van der Waals surface area contributed by atoms with Gasteiger partial charge in [-0.3, -0.25) is 43.5 Å². The Morgan fingerprint density at radius 3 is 1.84 bits per heavy atom. The van der Waals surface area contributed by atoms with E-state index in [1.807, 2.05) is 0 Å². The van der Waals surface area contributed by atoms with E-state index in [-0.39, 0.29) is 69.6 Å². The van der Waals surface area contributed by atoms with Gasteiger partial charge < -0.3 is 75.7 Å². The van der Waals surface area contributed by atoms with Gasteiger partial charge in [0.05, 0.1) is 25.5 Å². The average Bonchev–Trinajstić information content (AvgIpc) is 3.67. The molecule has 0 aliphatic rings. The minimum atomic E-state index is -1.28. The second-order valence-electron chi connectivity index (χ2n) is 12.9. The van der Waals surface area contributed by atoms with E-state index in [9.17, 15) is 38.4 Å². The van der Waals surface area contributed by atoms with Gasteiger partial charge in [-0.1, -0.05) is 0 Å². The fourth-order valence-electron chi connectivity index (χ4n) is 5.03. The smallest absolute Gasteiger partial charge is 0.243 e. The molecule has 7 amide bonds. The Kier molecular flexibility index (Phi) is 23.3.